The number of halogens is 1. The topological polar surface area (TPSA) is 56.7 Å². The molecule has 0 amide bonds. The van der Waals surface area contributed by atoms with Crippen LogP contribution in [0.15, 0.2) is 4.99 Å². The number of rotatable bonds is 5. The van der Waals surface area contributed by atoms with Gasteiger partial charge in [0.05, 0.1) is 12.1 Å². The van der Waals surface area contributed by atoms with Crippen molar-refractivity contribution in [1.29, 1.82) is 0 Å². The summed E-state index contributed by atoms with van der Waals surface area (Å²) in [4.78, 5) is 4.59. The van der Waals surface area contributed by atoms with Crippen LogP contribution in [0.5, 0.6) is 0 Å². The van der Waals surface area contributed by atoms with Gasteiger partial charge >= 0.3 is 0 Å². The first-order chi connectivity index (χ1) is 9.65. The highest BCUT2D eigenvalue weighted by Crippen LogP contribution is 2.31. The molecule has 2 aliphatic carbocycles. The normalized spacial score (nSPS) is 28.2. The molecule has 0 heterocycles. The SMILES string of the molecule is CCNC(=NCC1(O)CCC1)NC1CCCC(SC)C1.I. The molecular weight excluding hydrogens is 397 g/mol. The van der Waals surface area contributed by atoms with Crippen molar-refractivity contribution < 1.29 is 5.11 Å². The number of hydrogen-bond donors (Lipinski definition) is 3. The van der Waals surface area contributed by atoms with Gasteiger partial charge in [-0.1, -0.05) is 6.42 Å². The van der Waals surface area contributed by atoms with E-state index < -0.39 is 5.60 Å². The smallest absolute Gasteiger partial charge is 0.191 e. The number of nitrogens with one attached hydrogen (secondary N) is 2. The van der Waals surface area contributed by atoms with E-state index in [9.17, 15) is 5.11 Å². The molecule has 124 valence electrons. The van der Waals surface area contributed by atoms with Crippen LogP contribution in [-0.4, -0.2) is 47.3 Å². The van der Waals surface area contributed by atoms with Gasteiger partial charge in [-0.15, -0.1) is 24.0 Å². The number of aliphatic hydroxyl groups is 1. The highest BCUT2D eigenvalue weighted by atomic mass is 127. The van der Waals surface area contributed by atoms with Gasteiger partial charge < -0.3 is 15.7 Å². The third-order valence-corrected chi connectivity index (χ3v) is 5.56. The van der Waals surface area contributed by atoms with Crippen LogP contribution in [-0.2, 0) is 0 Å². The van der Waals surface area contributed by atoms with Crippen molar-refractivity contribution in [2.45, 2.75) is 68.8 Å². The van der Waals surface area contributed by atoms with Gasteiger partial charge in [0.2, 0.25) is 0 Å². The van der Waals surface area contributed by atoms with Crippen molar-refractivity contribution in [2.24, 2.45) is 4.99 Å². The minimum absolute atomic E-state index is 0. The van der Waals surface area contributed by atoms with Gasteiger partial charge in [0, 0.05) is 17.8 Å². The summed E-state index contributed by atoms with van der Waals surface area (Å²) >= 11 is 1.98. The molecule has 0 saturated heterocycles. The third-order valence-electron chi connectivity index (χ3n) is 4.46. The van der Waals surface area contributed by atoms with E-state index in [0.717, 1.165) is 37.0 Å². The number of guanidine groups is 1. The average Bonchev–Trinajstić information content (AvgIpc) is 2.43. The number of thioether (sulfide) groups is 1. The summed E-state index contributed by atoms with van der Waals surface area (Å²) in [6, 6.07) is 0.523. The molecule has 2 rings (SSSR count). The molecule has 21 heavy (non-hydrogen) atoms. The first-order valence-electron chi connectivity index (χ1n) is 7.95. The fourth-order valence-corrected chi connectivity index (χ4v) is 3.80. The Morgan fingerprint density at radius 1 is 1.33 bits per heavy atom. The van der Waals surface area contributed by atoms with Gasteiger partial charge in [-0.05, 0) is 51.7 Å². The highest BCUT2D eigenvalue weighted by molar-refractivity contribution is 14.0. The summed E-state index contributed by atoms with van der Waals surface area (Å²) in [7, 11) is 0. The second-order valence-corrected chi connectivity index (χ2v) is 7.28. The lowest BCUT2D eigenvalue weighted by atomic mass is 9.80. The van der Waals surface area contributed by atoms with E-state index in [1.165, 1.54) is 25.7 Å². The summed E-state index contributed by atoms with van der Waals surface area (Å²) in [5, 5.41) is 17.8. The molecule has 0 aromatic rings. The zero-order valence-electron chi connectivity index (χ0n) is 13.2. The first-order valence-corrected chi connectivity index (χ1v) is 9.24. The van der Waals surface area contributed by atoms with Crippen LogP contribution in [0.1, 0.15) is 51.9 Å². The highest BCUT2D eigenvalue weighted by Gasteiger charge is 2.34. The Labute approximate surface area is 150 Å². The van der Waals surface area contributed by atoms with Crippen LogP contribution in [0.25, 0.3) is 0 Å². The molecule has 0 aromatic heterocycles. The van der Waals surface area contributed by atoms with Gasteiger partial charge in [0.15, 0.2) is 5.96 Å². The van der Waals surface area contributed by atoms with Crippen molar-refractivity contribution in [3.63, 3.8) is 0 Å². The van der Waals surface area contributed by atoms with E-state index in [-0.39, 0.29) is 24.0 Å². The fourth-order valence-electron chi connectivity index (χ4n) is 2.97. The first kappa shape index (κ1) is 19.4. The maximum atomic E-state index is 10.1. The van der Waals surface area contributed by atoms with E-state index in [1.807, 2.05) is 11.8 Å². The monoisotopic (exact) mass is 427 g/mol. The molecule has 2 saturated carbocycles. The lowest BCUT2D eigenvalue weighted by Crippen LogP contribution is -2.47. The lowest BCUT2D eigenvalue weighted by Gasteiger charge is -2.35. The van der Waals surface area contributed by atoms with Gasteiger partial charge in [-0.3, -0.25) is 4.99 Å². The summed E-state index contributed by atoms with van der Waals surface area (Å²) < 4.78 is 0. The maximum absolute atomic E-state index is 10.1. The van der Waals surface area contributed by atoms with Crippen molar-refractivity contribution >= 4 is 41.7 Å². The van der Waals surface area contributed by atoms with Gasteiger partial charge in [0.1, 0.15) is 0 Å². The minimum atomic E-state index is -0.531. The van der Waals surface area contributed by atoms with Crippen molar-refractivity contribution in [3.05, 3.63) is 0 Å². The molecule has 0 spiro atoms. The predicted molar refractivity (Wildman–Crippen MR) is 103 cm³/mol. The van der Waals surface area contributed by atoms with Crippen LogP contribution in [0.2, 0.25) is 0 Å². The molecule has 0 aliphatic heterocycles. The summed E-state index contributed by atoms with van der Waals surface area (Å²) in [6.45, 7) is 3.48. The number of aliphatic imine (C=N–C) groups is 1. The Morgan fingerprint density at radius 3 is 2.67 bits per heavy atom. The van der Waals surface area contributed by atoms with E-state index in [2.05, 4.69) is 28.8 Å². The average molecular weight is 427 g/mol. The van der Waals surface area contributed by atoms with Gasteiger partial charge in [0.25, 0.3) is 0 Å². The molecule has 0 bridgehead atoms. The Kier molecular flexibility index (Phi) is 8.71. The summed E-state index contributed by atoms with van der Waals surface area (Å²) in [5.74, 6) is 0.875. The predicted octanol–water partition coefficient (Wildman–Crippen LogP) is 2.75. The molecule has 0 radical (unpaired) electrons. The Balaban J connectivity index is 0.00000220. The zero-order valence-corrected chi connectivity index (χ0v) is 16.4. The lowest BCUT2D eigenvalue weighted by molar-refractivity contribution is -0.0236. The third kappa shape index (κ3) is 6.14. The minimum Gasteiger partial charge on any atom is -0.388 e. The van der Waals surface area contributed by atoms with Crippen LogP contribution in [0.4, 0.5) is 0 Å². The van der Waals surface area contributed by atoms with Gasteiger partial charge in [-0.25, -0.2) is 0 Å². The van der Waals surface area contributed by atoms with E-state index in [4.69, 9.17) is 0 Å². The van der Waals surface area contributed by atoms with E-state index in [1.54, 1.807) is 0 Å². The van der Waals surface area contributed by atoms with Crippen LogP contribution in [0.3, 0.4) is 0 Å². The molecule has 2 atom stereocenters. The number of hydrogen-bond acceptors (Lipinski definition) is 3. The molecule has 2 aliphatic rings. The molecule has 2 unspecified atom stereocenters. The fraction of sp³-hybridized carbons (Fsp3) is 0.933. The van der Waals surface area contributed by atoms with Crippen LogP contribution >= 0.6 is 35.7 Å². The largest absolute Gasteiger partial charge is 0.388 e. The molecule has 4 nitrogen and oxygen atoms in total. The van der Waals surface area contributed by atoms with Crippen molar-refractivity contribution in [1.82, 2.24) is 10.6 Å². The van der Waals surface area contributed by atoms with Crippen LogP contribution < -0.4 is 10.6 Å². The second-order valence-electron chi connectivity index (χ2n) is 6.14. The van der Waals surface area contributed by atoms with E-state index >= 15 is 0 Å². The Hall–Kier alpha value is 0.310. The summed E-state index contributed by atoms with van der Waals surface area (Å²) in [6.07, 6.45) is 10.2. The second kappa shape index (κ2) is 9.45. The molecular formula is C15H30IN3OS. The van der Waals surface area contributed by atoms with Crippen molar-refractivity contribution in [3.8, 4) is 0 Å². The zero-order chi connectivity index (χ0) is 14.4. The molecule has 3 N–H and O–H groups in total. The van der Waals surface area contributed by atoms with E-state index in [0.29, 0.717) is 12.6 Å². The summed E-state index contributed by atoms with van der Waals surface area (Å²) in [5.41, 5.74) is -0.531. The molecule has 2 fully saturated rings. The number of nitrogens with zero attached hydrogens (tertiary/aromatic N) is 1. The van der Waals surface area contributed by atoms with Crippen LogP contribution in [0, 0.1) is 0 Å². The molecule has 6 heteroatoms. The van der Waals surface area contributed by atoms with Crippen molar-refractivity contribution in [2.75, 3.05) is 19.3 Å². The quantitative estimate of drug-likeness (QED) is 0.359. The Bertz CT molecular complexity index is 337. The maximum Gasteiger partial charge on any atom is 0.191 e. The standard InChI is InChI=1S/C15H29N3OS.HI/c1-3-16-14(17-11-15(19)8-5-9-15)18-12-6-4-7-13(10-12)20-2;/h12-13,19H,3-11H2,1-2H3,(H2,16,17,18);1H. The molecule has 0 aromatic carbocycles. The Morgan fingerprint density at radius 2 is 2.10 bits per heavy atom. The van der Waals surface area contributed by atoms with Gasteiger partial charge in [-0.2, -0.15) is 11.8 Å².